The van der Waals surface area contributed by atoms with E-state index in [9.17, 15) is 0 Å². The second-order valence-corrected chi connectivity index (χ2v) is 16.6. The Balaban J connectivity index is 0.834. The maximum atomic E-state index is 1.76. The maximum Gasteiger partial charge on any atom is -0.000000223 e. The lowest BCUT2D eigenvalue weighted by molar-refractivity contribution is 0.202. The Morgan fingerprint density at radius 1 is 0.538 bits per heavy atom. The summed E-state index contributed by atoms with van der Waals surface area (Å²) in [5.41, 5.74) is 19.2. The van der Waals surface area contributed by atoms with Crippen LogP contribution in [-0.4, -0.2) is 0 Å². The molecule has 0 amide bonds. The molecule has 120 valence electrons. The van der Waals surface area contributed by atoms with Crippen molar-refractivity contribution in [3.05, 3.63) is 0 Å². The number of hydrogen-bond donors (Lipinski definition) is 0. The zero-order chi connectivity index (χ0) is 14.6. The van der Waals surface area contributed by atoms with Gasteiger partial charge in [0.15, 0.2) is 0 Å². The topological polar surface area (TPSA) is 0 Å². The van der Waals surface area contributed by atoms with Gasteiger partial charge in [0.25, 0.3) is 0 Å². The Hall–Kier alpha value is 0. The lowest BCUT2D eigenvalue weighted by atomic mass is 9.77. The normalized spacial score (nSPS) is 138. The van der Waals surface area contributed by atoms with Crippen molar-refractivity contribution in [3.8, 4) is 0 Å². The second-order valence-electron chi connectivity index (χ2n) is 16.6. The number of rotatable bonds is 1. The molecule has 19 aliphatic carbocycles. The number of hydrogen-bond acceptors (Lipinski definition) is 0. The zero-order valence-corrected chi connectivity index (χ0v) is 14.6. The van der Waals surface area contributed by atoms with Crippen LogP contribution in [-0.2, 0) is 0 Å². The van der Waals surface area contributed by atoms with E-state index in [2.05, 4.69) is 0 Å². The van der Waals surface area contributed by atoms with E-state index in [1.807, 2.05) is 0 Å². The zero-order valence-electron chi connectivity index (χ0n) is 14.6. The standard InChI is InChI=1S/C26H16/c1-2-4-7(5-3-1)9-10-12(9)14(10)16(12)18(14)20(16)22(18)24(20)25-21-17-13-8-6-11(8,13)15(13,17)19(17,21)23(21,25)26(22,24)25/h7-10H,1-6H2. The summed E-state index contributed by atoms with van der Waals surface area (Å²) in [7, 11) is 0. The van der Waals surface area contributed by atoms with Crippen LogP contribution in [0.2, 0.25) is 0 Å². The third-order valence-electron chi connectivity index (χ3n) is 21.2. The summed E-state index contributed by atoms with van der Waals surface area (Å²) in [5.74, 6) is 5.34. The predicted molar refractivity (Wildman–Crippen MR) is 80.6 cm³/mol. The third kappa shape index (κ3) is 0.167. The molecule has 19 saturated carbocycles. The van der Waals surface area contributed by atoms with Crippen molar-refractivity contribution in [2.75, 3.05) is 0 Å². The van der Waals surface area contributed by atoms with E-state index < -0.39 is 0 Å². The smallest absolute Gasteiger partial charge is 0.000000223 e. The fraction of sp³-hybridized carbons (Fsp3) is 1.00. The van der Waals surface area contributed by atoms with Gasteiger partial charge < -0.3 is 0 Å². The largest absolute Gasteiger partial charge is 0.0533 e. The van der Waals surface area contributed by atoms with Crippen LogP contribution in [0.3, 0.4) is 0 Å². The van der Waals surface area contributed by atoms with Crippen LogP contribution in [0.1, 0.15) is 38.5 Å². The minimum Gasteiger partial charge on any atom is -0.0533 e. The molecule has 16 spiro atoms. The first kappa shape index (κ1) is 8.39. The van der Waals surface area contributed by atoms with Crippen LogP contribution in [0.4, 0.5) is 0 Å². The third-order valence-corrected chi connectivity index (χ3v) is 21.2. The van der Waals surface area contributed by atoms with Gasteiger partial charge in [-0.3, -0.25) is 0 Å². The molecular formula is C26H16. The first-order valence-electron chi connectivity index (χ1n) is 12.9. The van der Waals surface area contributed by atoms with Crippen molar-refractivity contribution in [1.29, 1.82) is 0 Å². The Kier molecular flexibility index (Phi) is 0.358. The van der Waals surface area contributed by atoms with Crippen LogP contribution in [0.5, 0.6) is 0 Å². The lowest BCUT2D eigenvalue weighted by Gasteiger charge is -2.27. The maximum absolute atomic E-state index is 1.76. The molecule has 0 heteroatoms. The second kappa shape index (κ2) is 1.11. The molecule has 0 N–H and O–H groups in total. The van der Waals surface area contributed by atoms with Gasteiger partial charge in [-0.1, -0.05) is 32.1 Å². The van der Waals surface area contributed by atoms with E-state index in [-0.39, 0.29) is 0 Å². The molecule has 0 bridgehead atoms. The summed E-state index contributed by atoms with van der Waals surface area (Å²) in [6.45, 7) is 0. The van der Waals surface area contributed by atoms with Crippen LogP contribution < -0.4 is 0 Å². The minimum atomic E-state index is 1.14. The van der Waals surface area contributed by atoms with Gasteiger partial charge >= 0.3 is 0 Å². The molecule has 19 rings (SSSR count). The summed E-state index contributed by atoms with van der Waals surface area (Å²) in [6.07, 6.45) is 9.84. The molecule has 0 aromatic carbocycles. The van der Waals surface area contributed by atoms with E-state index in [0.29, 0.717) is 0 Å². The highest BCUT2D eigenvalue weighted by Gasteiger charge is 3.91. The summed E-state index contributed by atoms with van der Waals surface area (Å²) in [4.78, 5) is 0. The van der Waals surface area contributed by atoms with E-state index >= 15 is 0 Å². The molecule has 0 aromatic rings. The van der Waals surface area contributed by atoms with Crippen molar-refractivity contribution in [2.24, 2.45) is 110 Å². The quantitative estimate of drug-likeness (QED) is 0.694. The Morgan fingerprint density at radius 2 is 1.15 bits per heavy atom. The van der Waals surface area contributed by atoms with Crippen molar-refractivity contribution in [1.82, 2.24) is 0 Å². The van der Waals surface area contributed by atoms with Crippen LogP contribution in [0.25, 0.3) is 0 Å². The minimum absolute atomic E-state index is 1.14. The van der Waals surface area contributed by atoms with Crippen LogP contribution >= 0.6 is 0 Å². The highest BCUT2D eigenvalue weighted by Crippen LogP contribution is 3.91. The molecule has 19 fully saturated rings. The van der Waals surface area contributed by atoms with Crippen LogP contribution in [0.15, 0.2) is 0 Å². The molecule has 26 heavy (non-hydrogen) atoms. The Morgan fingerprint density at radius 3 is 1.85 bits per heavy atom. The van der Waals surface area contributed by atoms with Gasteiger partial charge in [0, 0.05) is 0 Å². The van der Waals surface area contributed by atoms with Gasteiger partial charge in [0.05, 0.1) is 0 Å². The molecule has 0 nitrogen and oxygen atoms in total. The summed E-state index contributed by atoms with van der Waals surface area (Å²) < 4.78 is 0. The van der Waals surface area contributed by atoms with Crippen molar-refractivity contribution < 1.29 is 0 Å². The summed E-state index contributed by atoms with van der Waals surface area (Å²) in [5, 5.41) is 0. The fourth-order valence-corrected chi connectivity index (χ4v) is 24.6. The molecule has 19 atom stereocenters. The van der Waals surface area contributed by atoms with E-state index in [1.165, 1.54) is 99.5 Å². The molecular weight excluding hydrogens is 312 g/mol. The van der Waals surface area contributed by atoms with Gasteiger partial charge in [0.1, 0.15) is 0 Å². The summed E-state index contributed by atoms with van der Waals surface area (Å²) in [6, 6.07) is 0. The SMILES string of the molecule is C1CCC(C2C3C24C32C43C24C32C43C24C25C67C89C%10%11C%12CC%12%10C%118C96C72C345)CC1. The molecule has 19 unspecified atom stereocenters. The fourth-order valence-electron chi connectivity index (χ4n) is 24.6. The Bertz CT molecular complexity index is 1540. The molecule has 0 radical (unpaired) electrons. The highest BCUT2D eigenvalue weighted by atomic mass is 15.9. The van der Waals surface area contributed by atoms with Gasteiger partial charge in [0.2, 0.25) is 0 Å². The van der Waals surface area contributed by atoms with Crippen molar-refractivity contribution >= 4 is 0 Å². The van der Waals surface area contributed by atoms with Crippen LogP contribution in [0, 0.1) is 110 Å². The monoisotopic (exact) mass is 328 g/mol. The van der Waals surface area contributed by atoms with Gasteiger partial charge in [-0.15, -0.1) is 0 Å². The van der Waals surface area contributed by atoms with Crippen molar-refractivity contribution in [3.63, 3.8) is 0 Å². The van der Waals surface area contributed by atoms with Crippen molar-refractivity contribution in [2.45, 2.75) is 38.5 Å². The first-order valence-corrected chi connectivity index (χ1v) is 12.9. The van der Waals surface area contributed by atoms with E-state index in [0.717, 1.165) is 10.8 Å². The molecule has 0 aromatic heterocycles. The summed E-state index contributed by atoms with van der Waals surface area (Å²) >= 11 is 0. The molecule has 0 heterocycles. The molecule has 0 saturated heterocycles. The average molecular weight is 328 g/mol. The van der Waals surface area contributed by atoms with Gasteiger partial charge in [-0.25, -0.2) is 0 Å². The Labute approximate surface area is 149 Å². The predicted octanol–water partition coefficient (Wildman–Crippen LogP) is 2.83. The first-order chi connectivity index (χ1) is 12.9. The molecule has 0 aliphatic heterocycles. The highest BCUT2D eigenvalue weighted by molar-refractivity contribution is 6.34. The van der Waals surface area contributed by atoms with Gasteiger partial charge in [-0.05, 0) is 117 Å². The lowest BCUT2D eigenvalue weighted by Crippen LogP contribution is -2.22. The average Bonchev–Trinajstić information content (AvgIpc) is 3.35. The molecule has 19 aliphatic rings. The van der Waals surface area contributed by atoms with Gasteiger partial charge in [-0.2, -0.15) is 0 Å². The van der Waals surface area contributed by atoms with E-state index in [4.69, 9.17) is 0 Å². The van der Waals surface area contributed by atoms with E-state index in [1.54, 1.807) is 38.5 Å².